The molecule has 7 nitrogen and oxygen atoms in total. The molecule has 7 heteroatoms. The lowest BCUT2D eigenvalue weighted by Gasteiger charge is -2.31. The molecule has 1 aromatic heterocycles. The summed E-state index contributed by atoms with van der Waals surface area (Å²) in [5.41, 5.74) is 2.12. The van der Waals surface area contributed by atoms with Crippen LogP contribution in [0.15, 0.2) is 60.8 Å². The molecule has 2 aromatic carbocycles. The van der Waals surface area contributed by atoms with Crippen molar-refractivity contribution >= 4 is 11.9 Å². The Balaban J connectivity index is 1.69. The number of ether oxygens (including phenoxy) is 2. The van der Waals surface area contributed by atoms with Crippen LogP contribution in [0.5, 0.6) is 11.6 Å². The fraction of sp³-hybridized carbons (Fsp3) is 0.357. The molecule has 0 aliphatic carbocycles. The molecule has 1 fully saturated rings. The molecule has 0 spiro atoms. The van der Waals surface area contributed by atoms with Gasteiger partial charge in [-0.15, -0.1) is 0 Å². The zero-order chi connectivity index (χ0) is 24.8. The van der Waals surface area contributed by atoms with Crippen LogP contribution in [0.25, 0.3) is 11.4 Å². The van der Waals surface area contributed by atoms with E-state index in [0.717, 1.165) is 17.5 Å². The van der Waals surface area contributed by atoms with E-state index in [-0.39, 0.29) is 35.2 Å². The number of nitrogens with zero attached hydrogens (tertiary/aromatic N) is 3. The number of amides is 1. The summed E-state index contributed by atoms with van der Waals surface area (Å²) in [4.78, 5) is 36.7. The highest BCUT2D eigenvalue weighted by molar-refractivity contribution is 5.96. The first-order valence-corrected chi connectivity index (χ1v) is 12.1. The maximum Gasteiger partial charge on any atom is 0.310 e. The van der Waals surface area contributed by atoms with E-state index in [9.17, 15) is 9.59 Å². The average molecular weight is 474 g/mol. The van der Waals surface area contributed by atoms with Crippen molar-refractivity contribution in [1.82, 2.24) is 14.9 Å². The predicted molar refractivity (Wildman–Crippen MR) is 133 cm³/mol. The third-order valence-corrected chi connectivity index (χ3v) is 6.09. The highest BCUT2D eigenvalue weighted by atomic mass is 16.5. The van der Waals surface area contributed by atoms with Gasteiger partial charge in [-0.2, -0.15) is 4.98 Å². The monoisotopic (exact) mass is 473 g/mol. The Bertz CT molecular complexity index is 1180. The Morgan fingerprint density at radius 2 is 1.83 bits per heavy atom. The number of hydrogen-bond donors (Lipinski definition) is 0. The van der Waals surface area contributed by atoms with Gasteiger partial charge in [0.15, 0.2) is 5.82 Å². The molecule has 0 radical (unpaired) electrons. The lowest BCUT2D eigenvalue weighted by molar-refractivity contribution is -0.149. The van der Waals surface area contributed by atoms with Gasteiger partial charge in [-0.3, -0.25) is 9.59 Å². The summed E-state index contributed by atoms with van der Waals surface area (Å²) in [6.07, 6.45) is 2.96. The lowest BCUT2D eigenvalue weighted by atomic mass is 9.97. The maximum atomic E-state index is 13.6. The second-order valence-corrected chi connectivity index (χ2v) is 8.92. The minimum atomic E-state index is -0.330. The molecule has 1 aliphatic rings. The van der Waals surface area contributed by atoms with Crippen LogP contribution in [0.2, 0.25) is 0 Å². The third-order valence-electron chi connectivity index (χ3n) is 6.09. The van der Waals surface area contributed by atoms with E-state index in [1.54, 1.807) is 11.8 Å². The molecule has 35 heavy (non-hydrogen) atoms. The van der Waals surface area contributed by atoms with Crippen LogP contribution < -0.4 is 4.74 Å². The standard InChI is InChI=1S/C28H31N3O4/c1-4-34-28(33)21-13-10-16-31(18-21)27(32)23-17-29-25(20-11-6-5-7-12-20)30-26(23)35-24-15-9-8-14-22(24)19(2)3/h5-9,11-12,14-15,17,19,21H,4,10,13,16,18H2,1-3H3/t21-/m1/s1. The first kappa shape index (κ1) is 24.4. The van der Waals surface area contributed by atoms with Gasteiger partial charge < -0.3 is 14.4 Å². The maximum absolute atomic E-state index is 13.6. The summed E-state index contributed by atoms with van der Waals surface area (Å²) in [7, 11) is 0. The Morgan fingerprint density at radius 1 is 1.09 bits per heavy atom. The summed E-state index contributed by atoms with van der Waals surface area (Å²) in [6, 6.07) is 17.3. The van der Waals surface area contributed by atoms with Gasteiger partial charge in [0.1, 0.15) is 11.3 Å². The number of likely N-dealkylation sites (tertiary alicyclic amines) is 1. The van der Waals surface area contributed by atoms with E-state index in [4.69, 9.17) is 9.47 Å². The second kappa shape index (κ2) is 11.1. The topological polar surface area (TPSA) is 81.6 Å². The fourth-order valence-electron chi connectivity index (χ4n) is 4.26. The molecule has 1 amide bonds. The van der Waals surface area contributed by atoms with Crippen molar-refractivity contribution in [2.75, 3.05) is 19.7 Å². The smallest absolute Gasteiger partial charge is 0.310 e. The van der Waals surface area contributed by atoms with Gasteiger partial charge in [0, 0.05) is 24.8 Å². The summed E-state index contributed by atoms with van der Waals surface area (Å²) < 4.78 is 11.5. The van der Waals surface area contributed by atoms with E-state index in [1.165, 1.54) is 6.20 Å². The quantitative estimate of drug-likeness (QED) is 0.423. The van der Waals surface area contributed by atoms with Crippen molar-refractivity contribution in [3.05, 3.63) is 71.9 Å². The van der Waals surface area contributed by atoms with Gasteiger partial charge in [0.25, 0.3) is 5.91 Å². The van der Waals surface area contributed by atoms with Gasteiger partial charge in [-0.05, 0) is 37.3 Å². The molecule has 1 atom stereocenters. The molecule has 1 saturated heterocycles. The zero-order valence-corrected chi connectivity index (χ0v) is 20.4. The van der Waals surface area contributed by atoms with Crippen molar-refractivity contribution in [2.24, 2.45) is 5.92 Å². The summed E-state index contributed by atoms with van der Waals surface area (Å²) >= 11 is 0. The van der Waals surface area contributed by atoms with Gasteiger partial charge in [-0.25, -0.2) is 4.98 Å². The summed E-state index contributed by atoms with van der Waals surface area (Å²) in [5.74, 6) is 0.713. The molecule has 0 unspecified atom stereocenters. The van der Waals surface area contributed by atoms with E-state index in [1.807, 2.05) is 54.6 Å². The number of aromatic nitrogens is 2. The van der Waals surface area contributed by atoms with Gasteiger partial charge in [-0.1, -0.05) is 62.4 Å². The van der Waals surface area contributed by atoms with Crippen molar-refractivity contribution < 1.29 is 19.1 Å². The number of piperidine rings is 1. The lowest BCUT2D eigenvalue weighted by Crippen LogP contribution is -2.43. The van der Waals surface area contributed by atoms with Crippen LogP contribution in [0, 0.1) is 5.92 Å². The van der Waals surface area contributed by atoms with Crippen molar-refractivity contribution in [3.63, 3.8) is 0 Å². The summed E-state index contributed by atoms with van der Waals surface area (Å²) in [5, 5.41) is 0. The SMILES string of the molecule is CCOC(=O)[C@@H]1CCCN(C(=O)c2cnc(-c3ccccc3)nc2Oc2ccccc2C(C)C)C1. The Labute approximate surface area is 206 Å². The molecular formula is C28H31N3O4. The Morgan fingerprint density at radius 3 is 2.57 bits per heavy atom. The normalized spacial score (nSPS) is 15.7. The number of hydrogen-bond acceptors (Lipinski definition) is 6. The number of carbonyl (C=O) groups is 2. The molecule has 2 heterocycles. The molecule has 182 valence electrons. The van der Waals surface area contributed by atoms with Crippen molar-refractivity contribution in [1.29, 1.82) is 0 Å². The van der Waals surface area contributed by atoms with Gasteiger partial charge in [0.05, 0.1) is 12.5 Å². The number of carbonyl (C=O) groups excluding carboxylic acids is 2. The molecule has 0 saturated carbocycles. The first-order valence-electron chi connectivity index (χ1n) is 12.1. The minimum absolute atomic E-state index is 0.204. The molecule has 0 bridgehead atoms. The molecule has 3 aromatic rings. The number of para-hydroxylation sites is 1. The molecule has 0 N–H and O–H groups in total. The largest absolute Gasteiger partial charge is 0.466 e. The molecular weight excluding hydrogens is 442 g/mol. The zero-order valence-electron chi connectivity index (χ0n) is 20.4. The van der Waals surface area contributed by atoms with Crippen LogP contribution in [-0.2, 0) is 9.53 Å². The highest BCUT2D eigenvalue weighted by Crippen LogP contribution is 2.33. The molecule has 1 aliphatic heterocycles. The second-order valence-electron chi connectivity index (χ2n) is 8.92. The van der Waals surface area contributed by atoms with Crippen LogP contribution >= 0.6 is 0 Å². The average Bonchev–Trinajstić information content (AvgIpc) is 2.89. The van der Waals surface area contributed by atoms with Gasteiger partial charge >= 0.3 is 5.97 Å². The fourth-order valence-corrected chi connectivity index (χ4v) is 4.26. The van der Waals surface area contributed by atoms with Crippen LogP contribution in [0.4, 0.5) is 0 Å². The Hall–Kier alpha value is -3.74. The highest BCUT2D eigenvalue weighted by Gasteiger charge is 2.32. The Kier molecular flexibility index (Phi) is 7.75. The van der Waals surface area contributed by atoms with Crippen LogP contribution in [0.1, 0.15) is 55.5 Å². The van der Waals surface area contributed by atoms with E-state index in [2.05, 4.69) is 23.8 Å². The molecule has 4 rings (SSSR count). The minimum Gasteiger partial charge on any atom is -0.466 e. The van der Waals surface area contributed by atoms with Crippen LogP contribution in [0.3, 0.4) is 0 Å². The third kappa shape index (κ3) is 5.67. The first-order chi connectivity index (χ1) is 17.0. The van der Waals surface area contributed by atoms with Crippen molar-refractivity contribution in [2.45, 2.75) is 39.5 Å². The number of benzene rings is 2. The van der Waals surface area contributed by atoms with E-state index in [0.29, 0.717) is 37.7 Å². The number of esters is 1. The predicted octanol–water partition coefficient (Wildman–Crippen LogP) is 5.47. The van der Waals surface area contributed by atoms with E-state index >= 15 is 0 Å². The van der Waals surface area contributed by atoms with Crippen LogP contribution in [-0.4, -0.2) is 46.4 Å². The summed E-state index contributed by atoms with van der Waals surface area (Å²) in [6.45, 7) is 7.15. The van der Waals surface area contributed by atoms with Crippen molar-refractivity contribution in [3.8, 4) is 23.0 Å². The van der Waals surface area contributed by atoms with E-state index < -0.39 is 0 Å². The van der Waals surface area contributed by atoms with Gasteiger partial charge in [0.2, 0.25) is 5.88 Å². The number of rotatable bonds is 7.